The molecule has 16 heavy (non-hydrogen) atoms. The van der Waals surface area contributed by atoms with E-state index in [9.17, 15) is 18.0 Å². The van der Waals surface area contributed by atoms with Crippen LogP contribution < -0.4 is 9.47 Å². The summed E-state index contributed by atoms with van der Waals surface area (Å²) in [6.45, 7) is 0. The summed E-state index contributed by atoms with van der Waals surface area (Å²) in [5, 5.41) is 0. The third-order valence-electron chi connectivity index (χ3n) is 1.47. The van der Waals surface area contributed by atoms with Crippen LogP contribution in [0.1, 0.15) is 10.5 Å². The molecule has 1 rings (SSSR count). The number of aromatic nitrogens is 1. The van der Waals surface area contributed by atoms with Gasteiger partial charge in [0.25, 0.3) is 0 Å². The Hall–Kier alpha value is -1.06. The number of halogens is 4. The highest BCUT2D eigenvalue weighted by Crippen LogP contribution is 2.35. The molecule has 4 nitrogen and oxygen atoms in total. The lowest BCUT2D eigenvalue weighted by molar-refractivity contribution is -0.275. The molecule has 0 fully saturated rings. The normalized spacial score (nSPS) is 11.1. The van der Waals surface area contributed by atoms with Gasteiger partial charge in [-0.25, -0.2) is 4.98 Å². The van der Waals surface area contributed by atoms with Crippen molar-refractivity contribution < 1.29 is 27.4 Å². The van der Waals surface area contributed by atoms with E-state index in [1.165, 1.54) is 7.11 Å². The van der Waals surface area contributed by atoms with Gasteiger partial charge in [-0.05, 0) is 22.6 Å². The van der Waals surface area contributed by atoms with Gasteiger partial charge in [-0.3, -0.25) is 4.79 Å². The molecule has 0 unspecified atom stereocenters. The molecule has 88 valence electrons. The van der Waals surface area contributed by atoms with E-state index in [4.69, 9.17) is 4.74 Å². The number of ether oxygens (including phenoxy) is 2. The van der Waals surface area contributed by atoms with Crippen LogP contribution in [-0.4, -0.2) is 24.7 Å². The minimum atomic E-state index is -4.85. The quantitative estimate of drug-likeness (QED) is 0.479. The Morgan fingerprint density at radius 1 is 1.50 bits per heavy atom. The van der Waals surface area contributed by atoms with E-state index in [1.807, 2.05) is 0 Å². The highest BCUT2D eigenvalue weighted by molar-refractivity contribution is 14.1. The first kappa shape index (κ1) is 13.0. The Labute approximate surface area is 102 Å². The standard InChI is InChI=1S/C8H5F3INO3/c1-15-6-5(16-8(9,10)11)2-4(3-14)13-7(6)12/h2-3H,1H3. The fraction of sp³-hybridized carbons (Fsp3) is 0.250. The number of pyridine rings is 1. The summed E-state index contributed by atoms with van der Waals surface area (Å²) >= 11 is 1.64. The van der Waals surface area contributed by atoms with E-state index in [-0.39, 0.29) is 15.1 Å². The Kier molecular flexibility index (Phi) is 3.94. The average molecular weight is 347 g/mol. The second-order valence-electron chi connectivity index (χ2n) is 2.53. The fourth-order valence-corrected chi connectivity index (χ4v) is 1.71. The Bertz CT molecular complexity index is 408. The third kappa shape index (κ3) is 3.22. The summed E-state index contributed by atoms with van der Waals surface area (Å²) in [5.41, 5.74) is -0.163. The zero-order valence-electron chi connectivity index (χ0n) is 7.84. The first-order valence-corrected chi connectivity index (χ1v) is 4.90. The van der Waals surface area contributed by atoms with Gasteiger partial charge in [0.05, 0.1) is 7.11 Å². The van der Waals surface area contributed by atoms with Gasteiger partial charge in [0.2, 0.25) is 0 Å². The van der Waals surface area contributed by atoms with Gasteiger partial charge in [0.15, 0.2) is 17.8 Å². The van der Waals surface area contributed by atoms with Crippen LogP contribution >= 0.6 is 22.6 Å². The maximum atomic E-state index is 12.0. The van der Waals surface area contributed by atoms with Crippen molar-refractivity contribution in [2.45, 2.75) is 6.36 Å². The number of carbonyl (C=O) groups excluding carboxylic acids is 1. The van der Waals surface area contributed by atoms with Crippen molar-refractivity contribution in [3.63, 3.8) is 0 Å². The van der Waals surface area contributed by atoms with Gasteiger partial charge in [0.1, 0.15) is 9.39 Å². The molecule has 0 radical (unpaired) electrons. The van der Waals surface area contributed by atoms with Gasteiger partial charge in [-0.2, -0.15) is 0 Å². The van der Waals surface area contributed by atoms with Crippen molar-refractivity contribution in [1.82, 2.24) is 4.98 Å². The Morgan fingerprint density at radius 2 is 2.12 bits per heavy atom. The largest absolute Gasteiger partial charge is 0.573 e. The van der Waals surface area contributed by atoms with Crippen LogP contribution in [0.4, 0.5) is 13.2 Å². The lowest BCUT2D eigenvalue weighted by atomic mass is 10.3. The zero-order valence-corrected chi connectivity index (χ0v) is 10.00. The Morgan fingerprint density at radius 3 is 2.56 bits per heavy atom. The van der Waals surface area contributed by atoms with Gasteiger partial charge in [-0.15, -0.1) is 13.2 Å². The summed E-state index contributed by atoms with van der Waals surface area (Å²) in [4.78, 5) is 14.1. The number of methoxy groups -OCH3 is 1. The number of carbonyl (C=O) groups is 1. The van der Waals surface area contributed by atoms with Crippen molar-refractivity contribution in [1.29, 1.82) is 0 Å². The summed E-state index contributed by atoms with van der Waals surface area (Å²) in [6, 6.07) is 0.863. The van der Waals surface area contributed by atoms with Crippen molar-refractivity contribution in [2.75, 3.05) is 7.11 Å². The molecule has 1 aromatic rings. The maximum absolute atomic E-state index is 12.0. The maximum Gasteiger partial charge on any atom is 0.573 e. The third-order valence-corrected chi connectivity index (χ3v) is 2.20. The van der Waals surface area contributed by atoms with Crippen LogP contribution in [0.3, 0.4) is 0 Å². The predicted octanol–water partition coefficient (Wildman–Crippen LogP) is 2.41. The van der Waals surface area contributed by atoms with E-state index in [1.54, 1.807) is 22.6 Å². The monoisotopic (exact) mass is 347 g/mol. The fourth-order valence-electron chi connectivity index (χ4n) is 0.944. The van der Waals surface area contributed by atoms with Crippen molar-refractivity contribution >= 4 is 28.9 Å². The molecule has 0 spiro atoms. The molecule has 1 heterocycles. The summed E-state index contributed by atoms with van der Waals surface area (Å²) in [7, 11) is 1.18. The Balaban J connectivity index is 3.23. The number of nitrogens with zero attached hydrogens (tertiary/aromatic N) is 1. The highest BCUT2D eigenvalue weighted by atomic mass is 127. The number of alkyl halides is 3. The summed E-state index contributed by atoms with van der Waals surface area (Å²) in [5.74, 6) is -0.750. The predicted molar refractivity (Wildman–Crippen MR) is 55.6 cm³/mol. The molecule has 0 aromatic carbocycles. The van der Waals surface area contributed by atoms with Crippen molar-refractivity contribution in [2.24, 2.45) is 0 Å². The number of hydrogen-bond donors (Lipinski definition) is 0. The van der Waals surface area contributed by atoms with Crippen LogP contribution in [-0.2, 0) is 0 Å². The van der Waals surface area contributed by atoms with Crippen LogP contribution in [0, 0.1) is 3.70 Å². The second kappa shape index (κ2) is 4.85. The van der Waals surface area contributed by atoms with Gasteiger partial charge in [-0.1, -0.05) is 0 Å². The van der Waals surface area contributed by atoms with E-state index >= 15 is 0 Å². The number of rotatable bonds is 3. The molecule has 0 aliphatic heterocycles. The van der Waals surface area contributed by atoms with Gasteiger partial charge < -0.3 is 9.47 Å². The van der Waals surface area contributed by atoms with Crippen LogP contribution in [0.15, 0.2) is 6.07 Å². The van der Waals surface area contributed by atoms with E-state index in [0.29, 0.717) is 6.29 Å². The number of aldehydes is 1. The van der Waals surface area contributed by atoms with Crippen molar-refractivity contribution in [3.8, 4) is 11.5 Å². The molecule has 0 atom stereocenters. The molecule has 0 amide bonds. The minimum Gasteiger partial charge on any atom is -0.490 e. The molecule has 0 bridgehead atoms. The number of hydrogen-bond acceptors (Lipinski definition) is 4. The molecule has 0 saturated carbocycles. The SMILES string of the molecule is COc1c(OC(F)(F)F)cc(C=O)nc1I. The topological polar surface area (TPSA) is 48.4 Å². The van der Waals surface area contributed by atoms with Gasteiger partial charge in [0, 0.05) is 6.07 Å². The molecule has 0 aliphatic carbocycles. The lowest BCUT2D eigenvalue weighted by Gasteiger charge is -2.13. The summed E-state index contributed by atoms with van der Waals surface area (Å²) < 4.78 is 44.7. The van der Waals surface area contributed by atoms with Crippen LogP contribution in [0.2, 0.25) is 0 Å². The molecular weight excluding hydrogens is 342 g/mol. The van der Waals surface area contributed by atoms with E-state index < -0.39 is 12.1 Å². The summed E-state index contributed by atoms with van der Waals surface area (Å²) in [6.07, 6.45) is -4.53. The lowest BCUT2D eigenvalue weighted by Crippen LogP contribution is -2.18. The van der Waals surface area contributed by atoms with Crippen molar-refractivity contribution in [3.05, 3.63) is 15.5 Å². The molecule has 8 heteroatoms. The highest BCUT2D eigenvalue weighted by Gasteiger charge is 2.33. The molecular formula is C8H5F3INO3. The first-order valence-electron chi connectivity index (χ1n) is 3.83. The molecule has 0 N–H and O–H groups in total. The molecule has 0 saturated heterocycles. The van der Waals surface area contributed by atoms with Gasteiger partial charge >= 0.3 is 6.36 Å². The smallest absolute Gasteiger partial charge is 0.490 e. The van der Waals surface area contributed by atoms with Crippen LogP contribution in [0.25, 0.3) is 0 Å². The van der Waals surface area contributed by atoms with Crippen LogP contribution in [0.5, 0.6) is 11.5 Å². The molecule has 1 aromatic heterocycles. The second-order valence-corrected chi connectivity index (χ2v) is 3.56. The zero-order chi connectivity index (χ0) is 12.3. The van der Waals surface area contributed by atoms with E-state index in [0.717, 1.165) is 6.07 Å². The first-order chi connectivity index (χ1) is 7.37. The molecule has 0 aliphatic rings. The van der Waals surface area contributed by atoms with E-state index in [2.05, 4.69) is 9.72 Å². The minimum absolute atomic E-state index is 0.115. The average Bonchev–Trinajstić information content (AvgIpc) is 2.14.